The zero-order valence-electron chi connectivity index (χ0n) is 27.6. The predicted molar refractivity (Wildman–Crippen MR) is 214 cm³/mol. The number of fused-ring (bicyclic) bond motifs is 2. The van der Waals surface area contributed by atoms with Crippen LogP contribution in [0.3, 0.4) is 0 Å². The SMILES string of the molecule is Cc1ccccc1P(=O)(c1ccccc1C)c1ccc2ccccc2c1-c1c(P(c2ccccc2)c2ccccc2)ccc2ccccc12. The van der Waals surface area contributed by atoms with E-state index in [1.54, 1.807) is 0 Å². The van der Waals surface area contributed by atoms with Gasteiger partial charge >= 0.3 is 0 Å². The Kier molecular flexibility index (Phi) is 8.35. The average Bonchev–Trinajstić information content (AvgIpc) is 3.15. The Hall–Kier alpha value is -5.06. The van der Waals surface area contributed by atoms with Crippen molar-refractivity contribution in [3.05, 3.63) is 193 Å². The van der Waals surface area contributed by atoms with Crippen LogP contribution in [-0.2, 0) is 4.57 Å². The summed E-state index contributed by atoms with van der Waals surface area (Å²) in [6, 6.07) is 64.5. The van der Waals surface area contributed by atoms with E-state index in [2.05, 4.69) is 172 Å². The van der Waals surface area contributed by atoms with Gasteiger partial charge in [-0.1, -0.05) is 176 Å². The van der Waals surface area contributed by atoms with E-state index in [0.29, 0.717) is 0 Å². The average molecular weight is 667 g/mol. The Morgan fingerprint density at radius 3 is 1.35 bits per heavy atom. The molecule has 0 radical (unpaired) electrons. The van der Waals surface area contributed by atoms with Crippen LogP contribution in [0, 0.1) is 13.8 Å². The van der Waals surface area contributed by atoms with Gasteiger partial charge in [0.1, 0.15) is 0 Å². The van der Waals surface area contributed by atoms with Crippen LogP contribution in [0.4, 0.5) is 0 Å². The summed E-state index contributed by atoms with van der Waals surface area (Å²) >= 11 is 0. The molecule has 8 aromatic carbocycles. The number of rotatable bonds is 7. The molecule has 0 aliphatic rings. The summed E-state index contributed by atoms with van der Waals surface area (Å²) in [4.78, 5) is 0. The maximum absolute atomic E-state index is 16.7. The third-order valence-electron chi connectivity index (χ3n) is 9.58. The molecule has 3 heteroatoms. The summed E-state index contributed by atoms with van der Waals surface area (Å²) in [5.41, 5.74) is 4.27. The molecule has 0 unspecified atom stereocenters. The molecule has 8 aromatic rings. The van der Waals surface area contributed by atoms with Crippen molar-refractivity contribution >= 4 is 68.4 Å². The number of hydrogen-bond acceptors (Lipinski definition) is 1. The second kappa shape index (κ2) is 13.1. The highest BCUT2D eigenvalue weighted by molar-refractivity contribution is 7.85. The van der Waals surface area contributed by atoms with Crippen LogP contribution in [0.5, 0.6) is 0 Å². The fraction of sp³-hybridized carbons (Fsp3) is 0.0435. The van der Waals surface area contributed by atoms with Gasteiger partial charge < -0.3 is 4.57 Å². The van der Waals surface area contributed by atoms with Crippen LogP contribution in [0.1, 0.15) is 11.1 Å². The third-order valence-corrected chi connectivity index (χ3v) is 15.5. The van der Waals surface area contributed by atoms with Gasteiger partial charge in [0.25, 0.3) is 0 Å². The van der Waals surface area contributed by atoms with E-state index in [9.17, 15) is 0 Å². The van der Waals surface area contributed by atoms with Crippen molar-refractivity contribution in [2.75, 3.05) is 0 Å². The smallest absolute Gasteiger partial charge is 0.172 e. The van der Waals surface area contributed by atoms with Gasteiger partial charge in [0.15, 0.2) is 7.14 Å². The first-order valence-electron chi connectivity index (χ1n) is 16.7. The van der Waals surface area contributed by atoms with Crippen LogP contribution >= 0.6 is 15.1 Å². The van der Waals surface area contributed by atoms with Crippen LogP contribution < -0.4 is 31.8 Å². The zero-order chi connectivity index (χ0) is 33.4. The zero-order valence-corrected chi connectivity index (χ0v) is 29.4. The van der Waals surface area contributed by atoms with Crippen molar-refractivity contribution in [1.29, 1.82) is 0 Å². The second-order valence-corrected chi connectivity index (χ2v) is 17.4. The molecule has 0 aliphatic carbocycles. The molecule has 0 aliphatic heterocycles. The molecule has 236 valence electrons. The summed E-state index contributed by atoms with van der Waals surface area (Å²) in [7, 11) is -4.40. The normalized spacial score (nSPS) is 11.7. The van der Waals surface area contributed by atoms with E-state index in [-0.39, 0.29) is 0 Å². The minimum atomic E-state index is -3.42. The van der Waals surface area contributed by atoms with Gasteiger partial charge in [0, 0.05) is 21.5 Å². The molecule has 8 rings (SSSR count). The number of benzene rings is 8. The minimum absolute atomic E-state index is 0.878. The highest BCUT2D eigenvalue weighted by Gasteiger charge is 2.36. The van der Waals surface area contributed by atoms with E-state index >= 15 is 4.57 Å². The Bertz CT molecular complexity index is 2410. The molecule has 0 spiro atoms. The Balaban J connectivity index is 1.58. The Morgan fingerprint density at radius 1 is 0.388 bits per heavy atom. The van der Waals surface area contributed by atoms with Gasteiger partial charge in [-0.2, -0.15) is 0 Å². The predicted octanol–water partition coefficient (Wildman–Crippen LogP) is 9.67. The molecule has 0 amide bonds. The first kappa shape index (κ1) is 31.2. The highest BCUT2D eigenvalue weighted by Crippen LogP contribution is 2.50. The topological polar surface area (TPSA) is 17.1 Å². The Labute approximate surface area is 290 Å². The number of aryl methyl sites for hydroxylation is 2. The van der Waals surface area contributed by atoms with Crippen molar-refractivity contribution in [1.82, 2.24) is 0 Å². The molecular formula is C46H36OP2. The van der Waals surface area contributed by atoms with E-state index in [4.69, 9.17) is 0 Å². The molecule has 0 heterocycles. The molecule has 0 N–H and O–H groups in total. The molecule has 49 heavy (non-hydrogen) atoms. The largest absolute Gasteiger partial charge is 0.309 e. The van der Waals surface area contributed by atoms with Crippen molar-refractivity contribution in [2.24, 2.45) is 0 Å². The lowest BCUT2D eigenvalue weighted by Gasteiger charge is -2.29. The molecule has 0 fully saturated rings. The standard InChI is InChI=1S/C46H36OP2/c1-33-17-9-15-27-42(33)49(47,43-28-16-10-18-34(43)2)44-32-30-36-20-12-14-26-40(36)46(44)45-39-25-13-11-19-35(39)29-31-41(45)48(37-21-5-3-6-22-37)38-23-7-4-8-24-38/h3-32H,1-2H3. The van der Waals surface area contributed by atoms with Gasteiger partial charge in [-0.25, -0.2) is 0 Å². The van der Waals surface area contributed by atoms with E-state index in [1.807, 2.05) is 24.3 Å². The van der Waals surface area contributed by atoms with Crippen LogP contribution in [0.2, 0.25) is 0 Å². The summed E-state index contributed by atoms with van der Waals surface area (Å²) in [6.07, 6.45) is 0. The summed E-state index contributed by atoms with van der Waals surface area (Å²) in [5.74, 6) is 0. The second-order valence-electron chi connectivity index (χ2n) is 12.6. The minimum Gasteiger partial charge on any atom is -0.309 e. The molecule has 0 aromatic heterocycles. The first-order valence-corrected chi connectivity index (χ1v) is 19.8. The number of hydrogen-bond donors (Lipinski definition) is 0. The fourth-order valence-electron chi connectivity index (χ4n) is 7.30. The highest BCUT2D eigenvalue weighted by atomic mass is 31.2. The third kappa shape index (κ3) is 5.45. The maximum atomic E-state index is 16.7. The van der Waals surface area contributed by atoms with Crippen LogP contribution in [-0.4, -0.2) is 0 Å². The van der Waals surface area contributed by atoms with Crippen molar-refractivity contribution in [3.8, 4) is 11.1 Å². The quantitative estimate of drug-likeness (QED) is 0.155. The Morgan fingerprint density at radius 2 is 0.816 bits per heavy atom. The van der Waals surface area contributed by atoms with Gasteiger partial charge in [0.05, 0.1) is 0 Å². The molecule has 1 nitrogen and oxygen atoms in total. The monoisotopic (exact) mass is 666 g/mol. The van der Waals surface area contributed by atoms with E-state index < -0.39 is 15.1 Å². The van der Waals surface area contributed by atoms with E-state index in [0.717, 1.165) is 59.7 Å². The van der Waals surface area contributed by atoms with Crippen LogP contribution in [0.15, 0.2) is 182 Å². The van der Waals surface area contributed by atoms with Gasteiger partial charge in [-0.15, -0.1) is 0 Å². The van der Waals surface area contributed by atoms with Crippen LogP contribution in [0.25, 0.3) is 32.7 Å². The lowest BCUT2D eigenvalue weighted by Crippen LogP contribution is -2.30. The lowest BCUT2D eigenvalue weighted by molar-refractivity contribution is 0.592. The summed E-state index contributed by atoms with van der Waals surface area (Å²) < 4.78 is 16.7. The summed E-state index contributed by atoms with van der Waals surface area (Å²) in [5, 5.41) is 11.0. The fourth-order valence-corrected chi connectivity index (χ4v) is 13.1. The summed E-state index contributed by atoms with van der Waals surface area (Å²) in [6.45, 7) is 4.18. The van der Waals surface area contributed by atoms with Crippen molar-refractivity contribution < 1.29 is 4.57 Å². The molecule has 0 saturated carbocycles. The molecule has 0 saturated heterocycles. The molecule has 0 atom stereocenters. The van der Waals surface area contributed by atoms with Gasteiger partial charge in [-0.05, 0) is 82.0 Å². The molecule has 0 bridgehead atoms. The van der Waals surface area contributed by atoms with Crippen molar-refractivity contribution in [2.45, 2.75) is 13.8 Å². The molecular weight excluding hydrogens is 630 g/mol. The lowest BCUT2D eigenvalue weighted by atomic mass is 9.93. The van der Waals surface area contributed by atoms with Crippen molar-refractivity contribution in [3.63, 3.8) is 0 Å². The first-order chi connectivity index (χ1) is 24.1. The van der Waals surface area contributed by atoms with Gasteiger partial charge in [-0.3, -0.25) is 0 Å². The maximum Gasteiger partial charge on any atom is 0.172 e. The van der Waals surface area contributed by atoms with Gasteiger partial charge in [0.2, 0.25) is 0 Å². The van der Waals surface area contributed by atoms with E-state index in [1.165, 1.54) is 15.9 Å².